The molecule has 0 aromatic rings. The third kappa shape index (κ3) is 4.76. The molecule has 0 saturated heterocycles. The second-order valence-corrected chi connectivity index (χ2v) is 5.34. The summed E-state index contributed by atoms with van der Waals surface area (Å²) in [5.41, 5.74) is 0. The number of halogens is 2. The Hall–Kier alpha value is -1.20. The summed E-state index contributed by atoms with van der Waals surface area (Å²) in [6, 6.07) is 0.0163. The van der Waals surface area contributed by atoms with Gasteiger partial charge in [-0.2, -0.15) is 0 Å². The molecule has 0 aliphatic heterocycles. The molecule has 1 N–H and O–H groups in total. The van der Waals surface area contributed by atoms with Crippen LogP contribution < -0.4 is 5.32 Å². The SMILES string of the molecule is O=C(NCCCC(=O)N(CC(F)F)C1CC1)C1CC1. The van der Waals surface area contributed by atoms with E-state index in [1.165, 1.54) is 4.90 Å². The fourth-order valence-electron chi connectivity index (χ4n) is 2.07. The standard InChI is InChI=1S/C13H20F2N2O2/c14-11(15)8-17(10-5-6-10)12(18)2-1-7-16-13(19)9-3-4-9/h9-11H,1-8H2,(H,16,19). The van der Waals surface area contributed by atoms with Crippen molar-refractivity contribution in [1.29, 1.82) is 0 Å². The first-order valence-electron chi connectivity index (χ1n) is 6.93. The predicted molar refractivity (Wildman–Crippen MR) is 65.7 cm³/mol. The largest absolute Gasteiger partial charge is 0.356 e. The number of alkyl halides is 2. The van der Waals surface area contributed by atoms with E-state index >= 15 is 0 Å². The summed E-state index contributed by atoms with van der Waals surface area (Å²) in [6.07, 6.45) is 1.84. The molecule has 0 aromatic heterocycles. The van der Waals surface area contributed by atoms with Gasteiger partial charge in [0.05, 0.1) is 6.54 Å². The lowest BCUT2D eigenvalue weighted by molar-refractivity contribution is -0.134. The molecule has 0 atom stereocenters. The molecule has 0 spiro atoms. The summed E-state index contributed by atoms with van der Waals surface area (Å²) in [4.78, 5) is 24.5. The molecule has 2 fully saturated rings. The lowest BCUT2D eigenvalue weighted by Gasteiger charge is -2.21. The fourth-order valence-corrected chi connectivity index (χ4v) is 2.07. The molecule has 108 valence electrons. The number of carbonyl (C=O) groups is 2. The van der Waals surface area contributed by atoms with Gasteiger partial charge in [-0.15, -0.1) is 0 Å². The number of nitrogens with zero attached hydrogens (tertiary/aromatic N) is 1. The zero-order valence-electron chi connectivity index (χ0n) is 10.9. The molecule has 2 aliphatic carbocycles. The molecule has 19 heavy (non-hydrogen) atoms. The molecule has 0 aromatic carbocycles. The van der Waals surface area contributed by atoms with Crippen molar-refractivity contribution in [2.24, 2.45) is 5.92 Å². The first kappa shape index (κ1) is 14.2. The van der Waals surface area contributed by atoms with E-state index in [0.29, 0.717) is 13.0 Å². The van der Waals surface area contributed by atoms with Crippen molar-refractivity contribution >= 4 is 11.8 Å². The maximum atomic E-state index is 12.4. The van der Waals surface area contributed by atoms with E-state index in [1.807, 2.05) is 0 Å². The quantitative estimate of drug-likeness (QED) is 0.683. The minimum Gasteiger partial charge on any atom is -0.356 e. The van der Waals surface area contributed by atoms with Crippen LogP contribution in [0.15, 0.2) is 0 Å². The van der Waals surface area contributed by atoms with E-state index in [1.54, 1.807) is 0 Å². The maximum Gasteiger partial charge on any atom is 0.255 e. The van der Waals surface area contributed by atoms with E-state index in [0.717, 1.165) is 25.7 Å². The molecule has 4 nitrogen and oxygen atoms in total. The van der Waals surface area contributed by atoms with Gasteiger partial charge in [-0.1, -0.05) is 0 Å². The van der Waals surface area contributed by atoms with Crippen molar-refractivity contribution < 1.29 is 18.4 Å². The first-order valence-corrected chi connectivity index (χ1v) is 6.93. The van der Waals surface area contributed by atoms with Gasteiger partial charge < -0.3 is 10.2 Å². The highest BCUT2D eigenvalue weighted by molar-refractivity contribution is 5.81. The van der Waals surface area contributed by atoms with E-state index < -0.39 is 13.0 Å². The zero-order chi connectivity index (χ0) is 13.8. The second kappa shape index (κ2) is 6.30. The van der Waals surface area contributed by atoms with E-state index in [2.05, 4.69) is 5.32 Å². The van der Waals surface area contributed by atoms with E-state index in [-0.39, 0.29) is 30.2 Å². The van der Waals surface area contributed by atoms with Crippen molar-refractivity contribution in [3.63, 3.8) is 0 Å². The minimum absolute atomic E-state index is 0.0163. The van der Waals surface area contributed by atoms with Crippen molar-refractivity contribution in [2.45, 2.75) is 51.0 Å². The van der Waals surface area contributed by atoms with Gasteiger partial charge in [0.15, 0.2) is 0 Å². The van der Waals surface area contributed by atoms with Crippen LogP contribution in [0.2, 0.25) is 0 Å². The molecule has 6 heteroatoms. The Morgan fingerprint density at radius 3 is 2.42 bits per heavy atom. The Morgan fingerprint density at radius 2 is 1.89 bits per heavy atom. The first-order chi connectivity index (χ1) is 9.08. The van der Waals surface area contributed by atoms with Crippen molar-refractivity contribution in [3.05, 3.63) is 0 Å². The third-order valence-electron chi connectivity index (χ3n) is 3.46. The van der Waals surface area contributed by atoms with Crippen LogP contribution in [0.5, 0.6) is 0 Å². The van der Waals surface area contributed by atoms with Crippen LogP contribution in [0, 0.1) is 5.92 Å². The molecule has 0 unspecified atom stereocenters. The van der Waals surface area contributed by atoms with Crippen LogP contribution >= 0.6 is 0 Å². The average Bonchev–Trinajstić information content (AvgIpc) is 3.21. The van der Waals surface area contributed by atoms with Crippen LogP contribution in [0.3, 0.4) is 0 Å². The highest BCUT2D eigenvalue weighted by atomic mass is 19.3. The number of hydrogen-bond acceptors (Lipinski definition) is 2. The summed E-state index contributed by atoms with van der Waals surface area (Å²) in [6.45, 7) is -0.00775. The van der Waals surface area contributed by atoms with Crippen LogP contribution in [0.4, 0.5) is 8.78 Å². The lowest BCUT2D eigenvalue weighted by Crippen LogP contribution is -2.37. The summed E-state index contributed by atoms with van der Waals surface area (Å²) < 4.78 is 24.7. The molecule has 0 heterocycles. The van der Waals surface area contributed by atoms with Gasteiger partial charge in [0.25, 0.3) is 6.43 Å². The van der Waals surface area contributed by atoms with Gasteiger partial charge in [-0.05, 0) is 32.1 Å². The number of nitrogens with one attached hydrogen (secondary N) is 1. The van der Waals surface area contributed by atoms with Gasteiger partial charge in [0.2, 0.25) is 11.8 Å². The molecule has 2 amide bonds. The van der Waals surface area contributed by atoms with Crippen molar-refractivity contribution in [2.75, 3.05) is 13.1 Å². The Kier molecular flexibility index (Phi) is 4.71. The second-order valence-electron chi connectivity index (χ2n) is 5.34. The fraction of sp³-hybridized carbons (Fsp3) is 0.846. The van der Waals surface area contributed by atoms with Crippen molar-refractivity contribution in [3.8, 4) is 0 Å². The highest BCUT2D eigenvalue weighted by Crippen LogP contribution is 2.29. The van der Waals surface area contributed by atoms with Crippen LogP contribution in [-0.2, 0) is 9.59 Å². The number of rotatable bonds is 8. The third-order valence-corrected chi connectivity index (χ3v) is 3.46. The summed E-state index contributed by atoms with van der Waals surface area (Å²) in [7, 11) is 0. The molecule has 0 radical (unpaired) electrons. The zero-order valence-corrected chi connectivity index (χ0v) is 10.9. The number of amides is 2. The molecule has 2 aliphatic rings. The number of carbonyl (C=O) groups excluding carboxylic acids is 2. The van der Waals surface area contributed by atoms with Gasteiger partial charge in [-0.3, -0.25) is 9.59 Å². The molecule has 2 rings (SSSR count). The van der Waals surface area contributed by atoms with Crippen LogP contribution in [0.1, 0.15) is 38.5 Å². The maximum absolute atomic E-state index is 12.4. The number of hydrogen-bond donors (Lipinski definition) is 1. The Morgan fingerprint density at radius 1 is 1.21 bits per heavy atom. The van der Waals surface area contributed by atoms with Gasteiger partial charge in [0.1, 0.15) is 0 Å². The molecule has 0 bridgehead atoms. The summed E-state index contributed by atoms with van der Waals surface area (Å²) >= 11 is 0. The average molecular weight is 274 g/mol. The smallest absolute Gasteiger partial charge is 0.255 e. The molecular formula is C13H20F2N2O2. The monoisotopic (exact) mass is 274 g/mol. The van der Waals surface area contributed by atoms with Crippen molar-refractivity contribution in [1.82, 2.24) is 10.2 Å². The van der Waals surface area contributed by atoms with Gasteiger partial charge in [-0.25, -0.2) is 8.78 Å². The van der Waals surface area contributed by atoms with E-state index in [9.17, 15) is 18.4 Å². The van der Waals surface area contributed by atoms with Crippen LogP contribution in [-0.4, -0.2) is 42.3 Å². The van der Waals surface area contributed by atoms with E-state index in [4.69, 9.17) is 0 Å². The lowest BCUT2D eigenvalue weighted by atomic mass is 10.2. The Labute approximate surface area is 111 Å². The Balaban J connectivity index is 1.62. The van der Waals surface area contributed by atoms with Gasteiger partial charge >= 0.3 is 0 Å². The topological polar surface area (TPSA) is 49.4 Å². The normalized spacial score (nSPS) is 18.5. The summed E-state index contributed by atoms with van der Waals surface area (Å²) in [5, 5.41) is 2.77. The predicted octanol–water partition coefficient (Wildman–Crippen LogP) is 1.55. The minimum atomic E-state index is -2.47. The highest BCUT2D eigenvalue weighted by Gasteiger charge is 2.33. The summed E-state index contributed by atoms with van der Waals surface area (Å²) in [5.74, 6) is 0.0000434. The Bertz CT molecular complexity index is 342. The molecular weight excluding hydrogens is 254 g/mol. The van der Waals surface area contributed by atoms with Gasteiger partial charge in [0, 0.05) is 24.9 Å². The molecule has 2 saturated carbocycles. The van der Waals surface area contributed by atoms with Crippen LogP contribution in [0.25, 0.3) is 0 Å².